The number of para-hydroxylation sites is 1. The summed E-state index contributed by atoms with van der Waals surface area (Å²) in [7, 11) is 0. The quantitative estimate of drug-likeness (QED) is 0.144. The van der Waals surface area contributed by atoms with Gasteiger partial charge in [-0.25, -0.2) is 9.97 Å². The van der Waals surface area contributed by atoms with Crippen LogP contribution in [0.1, 0.15) is 0 Å². The van der Waals surface area contributed by atoms with Crippen LogP contribution in [-0.2, 0) is 0 Å². The smallest absolute Gasteiger partial charge is 0.160 e. The Bertz CT molecular complexity index is 2870. The molecule has 0 atom stereocenters. The van der Waals surface area contributed by atoms with E-state index >= 15 is 0 Å². The summed E-state index contributed by atoms with van der Waals surface area (Å²) in [5.74, 6) is 0.689. The molecule has 10 rings (SSSR count). The Morgan fingerprint density at radius 3 is 1.80 bits per heavy atom. The molecule has 8 aromatic carbocycles. The first-order valence-corrected chi connectivity index (χ1v) is 16.6. The van der Waals surface area contributed by atoms with Gasteiger partial charge in [0.15, 0.2) is 5.82 Å². The lowest BCUT2D eigenvalue weighted by molar-refractivity contribution is 0.669. The third-order valence-electron chi connectivity index (χ3n) is 9.67. The van der Waals surface area contributed by atoms with Crippen LogP contribution in [0.25, 0.3) is 99.3 Å². The molecule has 0 spiro atoms. The minimum absolute atomic E-state index is 0.689. The second kappa shape index (κ2) is 11.0. The Balaban J connectivity index is 1.14. The zero-order chi connectivity index (χ0) is 32.3. The van der Waals surface area contributed by atoms with E-state index in [4.69, 9.17) is 14.4 Å². The molecule has 0 N–H and O–H groups in total. The van der Waals surface area contributed by atoms with Crippen LogP contribution in [0.15, 0.2) is 174 Å². The van der Waals surface area contributed by atoms with Gasteiger partial charge in [0, 0.05) is 27.5 Å². The van der Waals surface area contributed by atoms with E-state index in [9.17, 15) is 0 Å². The summed E-state index contributed by atoms with van der Waals surface area (Å²) in [6.45, 7) is 0. The fourth-order valence-electron chi connectivity index (χ4n) is 7.28. The van der Waals surface area contributed by atoms with Crippen molar-refractivity contribution >= 4 is 54.3 Å². The fraction of sp³-hybridized carbons (Fsp3) is 0. The molecule has 49 heavy (non-hydrogen) atoms. The highest BCUT2D eigenvalue weighted by molar-refractivity contribution is 6.20. The molecule has 228 valence electrons. The number of furan rings is 1. The standard InChI is InChI=1S/C46H28N2O/c1-2-11-30(12-3-1)41-28-42(34-23-25-44-40(27-34)37-16-8-9-17-43(37)49-44)48-46(47-41)32-20-18-31(19-21-32)45-36-15-7-5-13-33(36)26-39-35-14-6-4-10-29(35)22-24-38(39)45/h1-28H. The topological polar surface area (TPSA) is 38.9 Å². The molecule has 2 heterocycles. The van der Waals surface area contributed by atoms with Crippen molar-refractivity contribution in [3.8, 4) is 45.0 Å². The SMILES string of the molecule is c1ccc(-c2cc(-c3ccc4oc5ccccc5c4c3)nc(-c3ccc(-c4c5ccccc5cc5c4ccc4ccccc45)cc3)n2)cc1. The van der Waals surface area contributed by atoms with Gasteiger partial charge in [0.2, 0.25) is 0 Å². The second-order valence-electron chi connectivity index (χ2n) is 12.6. The molecule has 10 aromatic rings. The highest BCUT2D eigenvalue weighted by Gasteiger charge is 2.15. The summed E-state index contributed by atoms with van der Waals surface area (Å²) in [4.78, 5) is 10.3. The van der Waals surface area contributed by atoms with Gasteiger partial charge in [-0.3, -0.25) is 0 Å². The number of hydrogen-bond acceptors (Lipinski definition) is 3. The van der Waals surface area contributed by atoms with Gasteiger partial charge < -0.3 is 4.42 Å². The predicted molar refractivity (Wildman–Crippen MR) is 204 cm³/mol. The summed E-state index contributed by atoms with van der Waals surface area (Å²) in [6.07, 6.45) is 0. The molecule has 3 heteroatoms. The first-order chi connectivity index (χ1) is 24.3. The lowest BCUT2D eigenvalue weighted by Crippen LogP contribution is -1.96. The summed E-state index contributed by atoms with van der Waals surface area (Å²) >= 11 is 0. The first kappa shape index (κ1) is 27.5. The maximum Gasteiger partial charge on any atom is 0.160 e. The van der Waals surface area contributed by atoms with Crippen molar-refractivity contribution in [1.82, 2.24) is 9.97 Å². The van der Waals surface area contributed by atoms with E-state index in [1.54, 1.807) is 0 Å². The molecular weight excluding hydrogens is 597 g/mol. The summed E-state index contributed by atoms with van der Waals surface area (Å²) in [5, 5.41) is 9.68. The Kier molecular flexibility index (Phi) is 6.18. The number of hydrogen-bond donors (Lipinski definition) is 0. The molecule has 0 saturated carbocycles. The van der Waals surface area contributed by atoms with E-state index in [-0.39, 0.29) is 0 Å². The maximum absolute atomic E-state index is 6.12. The van der Waals surface area contributed by atoms with Gasteiger partial charge in [0.05, 0.1) is 11.4 Å². The number of rotatable bonds is 4. The lowest BCUT2D eigenvalue weighted by Gasteiger charge is -2.15. The van der Waals surface area contributed by atoms with Gasteiger partial charge in [-0.15, -0.1) is 0 Å². The van der Waals surface area contributed by atoms with Crippen molar-refractivity contribution < 1.29 is 4.42 Å². The summed E-state index contributed by atoms with van der Waals surface area (Å²) in [6, 6.07) is 59.8. The Hall–Kier alpha value is -6.58. The molecular formula is C46H28N2O. The molecule has 0 aliphatic heterocycles. The molecule has 0 radical (unpaired) electrons. The van der Waals surface area contributed by atoms with Crippen LogP contribution < -0.4 is 0 Å². The fourth-order valence-corrected chi connectivity index (χ4v) is 7.28. The van der Waals surface area contributed by atoms with Crippen LogP contribution >= 0.6 is 0 Å². The van der Waals surface area contributed by atoms with Crippen molar-refractivity contribution in [3.05, 3.63) is 170 Å². The Morgan fingerprint density at radius 1 is 0.327 bits per heavy atom. The Morgan fingerprint density at radius 2 is 0.959 bits per heavy atom. The first-order valence-electron chi connectivity index (χ1n) is 16.6. The largest absolute Gasteiger partial charge is 0.456 e. The molecule has 3 nitrogen and oxygen atoms in total. The third-order valence-corrected chi connectivity index (χ3v) is 9.67. The zero-order valence-corrected chi connectivity index (χ0v) is 26.5. The molecule has 0 saturated heterocycles. The predicted octanol–water partition coefficient (Wildman–Crippen LogP) is 12.5. The van der Waals surface area contributed by atoms with Crippen molar-refractivity contribution in [3.63, 3.8) is 0 Å². The highest BCUT2D eigenvalue weighted by Crippen LogP contribution is 2.40. The molecule has 0 aliphatic rings. The van der Waals surface area contributed by atoms with Crippen LogP contribution in [0, 0.1) is 0 Å². The van der Waals surface area contributed by atoms with E-state index in [1.807, 2.05) is 42.5 Å². The van der Waals surface area contributed by atoms with Crippen molar-refractivity contribution in [1.29, 1.82) is 0 Å². The van der Waals surface area contributed by atoms with E-state index in [2.05, 4.69) is 127 Å². The van der Waals surface area contributed by atoms with Crippen LogP contribution in [0.5, 0.6) is 0 Å². The number of fused-ring (bicyclic) bond motifs is 7. The van der Waals surface area contributed by atoms with E-state index < -0.39 is 0 Å². The highest BCUT2D eigenvalue weighted by atomic mass is 16.3. The van der Waals surface area contributed by atoms with Gasteiger partial charge in [-0.1, -0.05) is 133 Å². The molecule has 0 aliphatic carbocycles. The van der Waals surface area contributed by atoms with E-state index in [0.717, 1.165) is 55.6 Å². The lowest BCUT2D eigenvalue weighted by atomic mass is 9.89. The van der Waals surface area contributed by atoms with Gasteiger partial charge in [0.1, 0.15) is 11.2 Å². The molecule has 2 aromatic heterocycles. The van der Waals surface area contributed by atoms with Crippen molar-refractivity contribution in [2.24, 2.45) is 0 Å². The average Bonchev–Trinajstić information content (AvgIpc) is 3.55. The molecule has 0 bridgehead atoms. The minimum Gasteiger partial charge on any atom is -0.456 e. The average molecular weight is 625 g/mol. The second-order valence-corrected chi connectivity index (χ2v) is 12.6. The zero-order valence-electron chi connectivity index (χ0n) is 26.5. The summed E-state index contributed by atoms with van der Waals surface area (Å²) < 4.78 is 6.12. The van der Waals surface area contributed by atoms with E-state index in [0.29, 0.717) is 5.82 Å². The molecule has 0 unspecified atom stereocenters. The van der Waals surface area contributed by atoms with Crippen LogP contribution in [-0.4, -0.2) is 9.97 Å². The Labute approximate surface area is 282 Å². The maximum atomic E-state index is 6.12. The normalized spacial score (nSPS) is 11.7. The molecule has 0 fully saturated rings. The van der Waals surface area contributed by atoms with E-state index in [1.165, 1.54) is 37.9 Å². The van der Waals surface area contributed by atoms with Crippen LogP contribution in [0.2, 0.25) is 0 Å². The van der Waals surface area contributed by atoms with Crippen molar-refractivity contribution in [2.75, 3.05) is 0 Å². The third kappa shape index (κ3) is 4.59. The van der Waals surface area contributed by atoms with Crippen LogP contribution in [0.4, 0.5) is 0 Å². The minimum atomic E-state index is 0.689. The molecule has 0 amide bonds. The van der Waals surface area contributed by atoms with Crippen LogP contribution in [0.3, 0.4) is 0 Å². The monoisotopic (exact) mass is 624 g/mol. The van der Waals surface area contributed by atoms with Gasteiger partial charge in [0.25, 0.3) is 0 Å². The number of aromatic nitrogens is 2. The van der Waals surface area contributed by atoms with Crippen molar-refractivity contribution in [2.45, 2.75) is 0 Å². The van der Waals surface area contributed by atoms with Gasteiger partial charge in [-0.05, 0) is 79.8 Å². The number of nitrogens with zero attached hydrogens (tertiary/aromatic N) is 2. The number of benzene rings is 8. The van der Waals surface area contributed by atoms with Gasteiger partial charge >= 0.3 is 0 Å². The summed E-state index contributed by atoms with van der Waals surface area (Å²) in [5.41, 5.74) is 8.94. The van der Waals surface area contributed by atoms with Gasteiger partial charge in [-0.2, -0.15) is 0 Å².